The molecule has 2 fully saturated rings. The predicted molar refractivity (Wildman–Crippen MR) is 119 cm³/mol. The molecule has 0 unspecified atom stereocenters. The van der Waals surface area contributed by atoms with Gasteiger partial charge in [0.05, 0.1) is 18.7 Å². The van der Waals surface area contributed by atoms with Crippen LogP contribution in [0.3, 0.4) is 0 Å². The summed E-state index contributed by atoms with van der Waals surface area (Å²) in [5, 5.41) is 2.91. The van der Waals surface area contributed by atoms with Crippen LogP contribution in [0.4, 0.5) is 5.82 Å². The van der Waals surface area contributed by atoms with Gasteiger partial charge in [-0.3, -0.25) is 19.5 Å². The SMILES string of the molecule is O=C1NCCN(C/C=C/c2ccccc2)[C@@H]1CC(=O)N1CCN(c2cnccn2)CC1. The van der Waals surface area contributed by atoms with E-state index in [-0.39, 0.29) is 18.2 Å². The van der Waals surface area contributed by atoms with Crippen molar-refractivity contribution >= 4 is 23.7 Å². The first kappa shape index (κ1) is 21.0. The maximum Gasteiger partial charge on any atom is 0.237 e. The molecule has 2 aromatic rings. The number of carbonyl (C=O) groups excluding carboxylic acids is 2. The van der Waals surface area contributed by atoms with Gasteiger partial charge in [0.2, 0.25) is 11.8 Å². The second-order valence-electron chi connectivity index (χ2n) is 7.75. The monoisotopic (exact) mass is 420 g/mol. The molecule has 2 aliphatic heterocycles. The normalized spacial score (nSPS) is 20.1. The summed E-state index contributed by atoms with van der Waals surface area (Å²) in [7, 11) is 0. The number of benzene rings is 1. The van der Waals surface area contributed by atoms with Crippen LogP contribution in [0.2, 0.25) is 0 Å². The van der Waals surface area contributed by atoms with Crippen molar-refractivity contribution in [3.05, 3.63) is 60.6 Å². The van der Waals surface area contributed by atoms with E-state index in [2.05, 4.69) is 37.2 Å². The van der Waals surface area contributed by atoms with Gasteiger partial charge < -0.3 is 15.1 Å². The second-order valence-corrected chi connectivity index (χ2v) is 7.75. The number of carbonyl (C=O) groups is 2. The van der Waals surface area contributed by atoms with Crippen LogP contribution in [0.15, 0.2) is 55.0 Å². The standard InChI is InChI=1S/C23H28N6O2/c30-22(29-15-13-28(14-16-29)21-18-24-8-9-25-21)17-20-23(31)26-10-12-27(20)11-4-7-19-5-2-1-3-6-19/h1-9,18,20H,10-17H2,(H,26,31)/b7-4+/t20-/m1/s1. The first-order chi connectivity index (χ1) is 15.2. The Bertz CT molecular complexity index is 897. The zero-order valence-corrected chi connectivity index (χ0v) is 17.6. The zero-order valence-electron chi connectivity index (χ0n) is 17.6. The van der Waals surface area contributed by atoms with Crippen molar-refractivity contribution in [1.82, 2.24) is 25.1 Å². The Kier molecular flexibility index (Phi) is 6.89. The lowest BCUT2D eigenvalue weighted by Gasteiger charge is -2.38. The van der Waals surface area contributed by atoms with Gasteiger partial charge in [-0.05, 0) is 5.56 Å². The molecule has 3 heterocycles. The van der Waals surface area contributed by atoms with E-state index in [0.29, 0.717) is 39.3 Å². The molecule has 0 saturated carbocycles. The van der Waals surface area contributed by atoms with Crippen molar-refractivity contribution in [1.29, 1.82) is 0 Å². The molecule has 1 aromatic heterocycles. The third-order valence-corrected chi connectivity index (χ3v) is 5.77. The summed E-state index contributed by atoms with van der Waals surface area (Å²) in [4.78, 5) is 40.0. The Hall–Kier alpha value is -3.26. The van der Waals surface area contributed by atoms with Gasteiger partial charge in [-0.2, -0.15) is 0 Å². The molecule has 1 N–H and O–H groups in total. The number of piperazine rings is 2. The van der Waals surface area contributed by atoms with Crippen molar-refractivity contribution in [3.8, 4) is 0 Å². The largest absolute Gasteiger partial charge is 0.353 e. The van der Waals surface area contributed by atoms with Gasteiger partial charge in [-0.1, -0.05) is 42.5 Å². The number of aromatic nitrogens is 2. The fourth-order valence-corrected chi connectivity index (χ4v) is 4.02. The molecule has 2 aliphatic rings. The zero-order chi connectivity index (χ0) is 21.5. The van der Waals surface area contributed by atoms with Crippen molar-refractivity contribution in [2.24, 2.45) is 0 Å². The topological polar surface area (TPSA) is 81.7 Å². The van der Waals surface area contributed by atoms with E-state index in [0.717, 1.165) is 17.9 Å². The van der Waals surface area contributed by atoms with Crippen molar-refractivity contribution < 1.29 is 9.59 Å². The van der Waals surface area contributed by atoms with Gasteiger partial charge in [0.15, 0.2) is 0 Å². The quantitative estimate of drug-likeness (QED) is 0.752. The number of rotatable bonds is 6. The van der Waals surface area contributed by atoms with Gasteiger partial charge in [-0.15, -0.1) is 0 Å². The lowest BCUT2D eigenvalue weighted by molar-refractivity contribution is -0.138. The van der Waals surface area contributed by atoms with Gasteiger partial charge >= 0.3 is 0 Å². The van der Waals surface area contributed by atoms with Gasteiger partial charge in [0, 0.05) is 58.2 Å². The maximum absolute atomic E-state index is 13.0. The third kappa shape index (κ3) is 5.46. The van der Waals surface area contributed by atoms with Crippen molar-refractivity contribution in [3.63, 3.8) is 0 Å². The molecule has 8 heteroatoms. The summed E-state index contributed by atoms with van der Waals surface area (Å²) in [5.41, 5.74) is 1.12. The van der Waals surface area contributed by atoms with Crippen LogP contribution >= 0.6 is 0 Å². The Morgan fingerprint density at radius 2 is 1.90 bits per heavy atom. The van der Waals surface area contributed by atoms with Crippen LogP contribution in [0.25, 0.3) is 6.08 Å². The Labute approximate surface area is 182 Å². The minimum atomic E-state index is -0.431. The molecule has 0 spiro atoms. The first-order valence-corrected chi connectivity index (χ1v) is 10.7. The average Bonchev–Trinajstić information content (AvgIpc) is 2.82. The van der Waals surface area contributed by atoms with Gasteiger partial charge in [0.1, 0.15) is 5.82 Å². The summed E-state index contributed by atoms with van der Waals surface area (Å²) in [6.07, 6.45) is 9.39. The van der Waals surface area contributed by atoms with Crippen LogP contribution in [0.1, 0.15) is 12.0 Å². The van der Waals surface area contributed by atoms with Crippen molar-refractivity contribution in [2.75, 3.05) is 50.7 Å². The molecule has 162 valence electrons. The summed E-state index contributed by atoms with van der Waals surface area (Å²) in [5.74, 6) is 0.793. The van der Waals surface area contributed by atoms with E-state index < -0.39 is 6.04 Å². The Balaban J connectivity index is 1.32. The molecular weight excluding hydrogens is 392 g/mol. The smallest absolute Gasteiger partial charge is 0.237 e. The highest BCUT2D eigenvalue weighted by Gasteiger charge is 2.33. The minimum Gasteiger partial charge on any atom is -0.353 e. The maximum atomic E-state index is 13.0. The molecule has 0 aliphatic carbocycles. The lowest BCUT2D eigenvalue weighted by atomic mass is 10.1. The molecule has 0 bridgehead atoms. The predicted octanol–water partition coefficient (Wildman–Crippen LogP) is 1.03. The third-order valence-electron chi connectivity index (χ3n) is 5.77. The second kappa shape index (κ2) is 10.2. The molecule has 1 aromatic carbocycles. The van der Waals surface area contributed by atoms with E-state index in [9.17, 15) is 9.59 Å². The van der Waals surface area contributed by atoms with E-state index in [1.54, 1.807) is 18.6 Å². The Morgan fingerprint density at radius 1 is 1.10 bits per heavy atom. The molecule has 8 nitrogen and oxygen atoms in total. The van der Waals surface area contributed by atoms with Crippen molar-refractivity contribution in [2.45, 2.75) is 12.5 Å². The van der Waals surface area contributed by atoms with Crippen LogP contribution in [-0.4, -0.2) is 83.4 Å². The summed E-state index contributed by atoms with van der Waals surface area (Å²) in [6.45, 7) is 4.66. The highest BCUT2D eigenvalue weighted by Crippen LogP contribution is 2.15. The van der Waals surface area contributed by atoms with Gasteiger partial charge in [-0.25, -0.2) is 4.98 Å². The number of anilines is 1. The molecule has 4 rings (SSSR count). The van der Waals surface area contributed by atoms with E-state index in [4.69, 9.17) is 0 Å². The van der Waals surface area contributed by atoms with Crippen LogP contribution < -0.4 is 10.2 Å². The number of nitrogens with one attached hydrogen (secondary N) is 1. The Morgan fingerprint density at radius 3 is 2.65 bits per heavy atom. The highest BCUT2D eigenvalue weighted by molar-refractivity contribution is 5.89. The van der Waals surface area contributed by atoms with Gasteiger partial charge in [0.25, 0.3) is 0 Å². The lowest BCUT2D eigenvalue weighted by Crippen LogP contribution is -2.57. The van der Waals surface area contributed by atoms with E-state index >= 15 is 0 Å². The molecule has 2 saturated heterocycles. The van der Waals surface area contributed by atoms with E-state index in [1.807, 2.05) is 35.2 Å². The highest BCUT2D eigenvalue weighted by atomic mass is 16.2. The summed E-state index contributed by atoms with van der Waals surface area (Å²) >= 11 is 0. The number of nitrogens with zero attached hydrogens (tertiary/aromatic N) is 5. The molecule has 1 atom stereocenters. The first-order valence-electron chi connectivity index (χ1n) is 10.7. The number of hydrogen-bond acceptors (Lipinski definition) is 6. The summed E-state index contributed by atoms with van der Waals surface area (Å²) < 4.78 is 0. The number of hydrogen-bond donors (Lipinski definition) is 1. The van der Waals surface area contributed by atoms with Crippen LogP contribution in [0, 0.1) is 0 Å². The average molecular weight is 421 g/mol. The van der Waals surface area contributed by atoms with Crippen LogP contribution in [0.5, 0.6) is 0 Å². The number of amides is 2. The summed E-state index contributed by atoms with van der Waals surface area (Å²) in [6, 6.07) is 9.64. The minimum absolute atomic E-state index is 0.0258. The molecule has 31 heavy (non-hydrogen) atoms. The fourth-order valence-electron chi connectivity index (χ4n) is 4.02. The molecular formula is C23H28N6O2. The molecule has 2 amide bonds. The molecule has 0 radical (unpaired) electrons. The van der Waals surface area contributed by atoms with Crippen LogP contribution in [-0.2, 0) is 9.59 Å². The fraction of sp³-hybridized carbons (Fsp3) is 0.391. The van der Waals surface area contributed by atoms with E-state index in [1.165, 1.54) is 0 Å².